The van der Waals surface area contributed by atoms with E-state index in [0.29, 0.717) is 17.7 Å². The lowest BCUT2D eigenvalue weighted by molar-refractivity contribution is 1.05. The zero-order valence-corrected chi connectivity index (χ0v) is 12.5. The standard InChI is InChI=1S/C14H14N6.ClH/c1-8-7-9(2)17-13(16-8)20-14-18-11-6-4-3-5-10(11)12(15)19-14;/h3-7H,1-2H3,(H3,15,16,17,18,19,20);1H. The maximum Gasteiger partial charge on any atom is 0.232 e. The van der Waals surface area contributed by atoms with Crippen molar-refractivity contribution < 1.29 is 0 Å². The van der Waals surface area contributed by atoms with E-state index in [-0.39, 0.29) is 12.4 Å². The molecule has 0 bridgehead atoms. The molecule has 0 radical (unpaired) electrons. The van der Waals surface area contributed by atoms with Crippen molar-refractivity contribution in [2.24, 2.45) is 0 Å². The van der Waals surface area contributed by atoms with Crippen LogP contribution in [-0.2, 0) is 0 Å². The molecule has 6 nitrogen and oxygen atoms in total. The maximum absolute atomic E-state index is 5.94. The average molecular weight is 303 g/mol. The second kappa shape index (κ2) is 5.88. The molecular formula is C14H15ClN6. The van der Waals surface area contributed by atoms with Crippen molar-refractivity contribution in [2.45, 2.75) is 13.8 Å². The monoisotopic (exact) mass is 302 g/mol. The summed E-state index contributed by atoms with van der Waals surface area (Å²) in [6.07, 6.45) is 0. The number of rotatable bonds is 2. The van der Waals surface area contributed by atoms with Gasteiger partial charge in [-0.25, -0.2) is 15.0 Å². The highest BCUT2D eigenvalue weighted by Crippen LogP contribution is 2.20. The van der Waals surface area contributed by atoms with E-state index in [9.17, 15) is 0 Å². The van der Waals surface area contributed by atoms with Gasteiger partial charge in [-0.1, -0.05) is 12.1 Å². The Morgan fingerprint density at radius 1 is 0.905 bits per heavy atom. The van der Waals surface area contributed by atoms with Crippen LogP contribution in [-0.4, -0.2) is 19.9 Å². The quantitative estimate of drug-likeness (QED) is 0.756. The SMILES string of the molecule is Cc1cc(C)nc(Nc2nc(N)c3ccccc3n2)n1.Cl. The number of benzene rings is 1. The highest BCUT2D eigenvalue weighted by molar-refractivity contribution is 5.89. The Morgan fingerprint density at radius 3 is 2.24 bits per heavy atom. The molecule has 0 fully saturated rings. The van der Waals surface area contributed by atoms with Crippen molar-refractivity contribution in [1.29, 1.82) is 0 Å². The Hall–Kier alpha value is -2.47. The topological polar surface area (TPSA) is 89.6 Å². The summed E-state index contributed by atoms with van der Waals surface area (Å²) in [4.78, 5) is 17.2. The number of hydrogen-bond acceptors (Lipinski definition) is 6. The zero-order chi connectivity index (χ0) is 14.1. The fourth-order valence-corrected chi connectivity index (χ4v) is 2.04. The first kappa shape index (κ1) is 14.9. The number of nitrogens with zero attached hydrogens (tertiary/aromatic N) is 4. The van der Waals surface area contributed by atoms with Gasteiger partial charge in [0.1, 0.15) is 5.82 Å². The van der Waals surface area contributed by atoms with Crippen molar-refractivity contribution in [2.75, 3.05) is 11.1 Å². The summed E-state index contributed by atoms with van der Waals surface area (Å²) in [5.74, 6) is 1.30. The summed E-state index contributed by atoms with van der Waals surface area (Å²) in [6, 6.07) is 9.50. The lowest BCUT2D eigenvalue weighted by Crippen LogP contribution is -2.05. The molecule has 0 aliphatic heterocycles. The molecular weight excluding hydrogens is 288 g/mol. The Balaban J connectivity index is 0.00000161. The van der Waals surface area contributed by atoms with Gasteiger partial charge in [-0.2, -0.15) is 4.98 Å². The molecule has 0 amide bonds. The van der Waals surface area contributed by atoms with E-state index < -0.39 is 0 Å². The van der Waals surface area contributed by atoms with Crippen molar-refractivity contribution in [3.63, 3.8) is 0 Å². The number of nitrogen functional groups attached to an aromatic ring is 1. The third-order valence-electron chi connectivity index (χ3n) is 2.84. The zero-order valence-electron chi connectivity index (χ0n) is 11.7. The van der Waals surface area contributed by atoms with Crippen LogP contribution in [0, 0.1) is 13.8 Å². The fourth-order valence-electron chi connectivity index (χ4n) is 2.04. The van der Waals surface area contributed by atoms with Crippen LogP contribution in [0.3, 0.4) is 0 Å². The molecule has 0 saturated heterocycles. The summed E-state index contributed by atoms with van der Waals surface area (Å²) in [6.45, 7) is 3.82. The molecule has 21 heavy (non-hydrogen) atoms. The number of nitrogens with one attached hydrogen (secondary N) is 1. The Morgan fingerprint density at radius 2 is 1.52 bits per heavy atom. The number of nitrogens with two attached hydrogens (primary N) is 1. The predicted octanol–water partition coefficient (Wildman–Crippen LogP) is 2.78. The average Bonchev–Trinajstić information content (AvgIpc) is 2.37. The minimum atomic E-state index is 0. The van der Waals surface area contributed by atoms with Crippen LogP contribution in [0.15, 0.2) is 30.3 Å². The molecule has 3 aromatic rings. The molecule has 0 aliphatic rings. The van der Waals surface area contributed by atoms with Crippen LogP contribution in [0.1, 0.15) is 11.4 Å². The first-order chi connectivity index (χ1) is 9.61. The summed E-state index contributed by atoms with van der Waals surface area (Å²) in [5, 5.41) is 3.83. The van der Waals surface area contributed by atoms with E-state index in [1.165, 1.54) is 0 Å². The van der Waals surface area contributed by atoms with Crippen LogP contribution >= 0.6 is 12.4 Å². The second-order valence-corrected chi connectivity index (χ2v) is 4.55. The van der Waals surface area contributed by atoms with Gasteiger partial charge in [0.15, 0.2) is 0 Å². The second-order valence-electron chi connectivity index (χ2n) is 4.55. The van der Waals surface area contributed by atoms with E-state index >= 15 is 0 Å². The molecule has 3 N–H and O–H groups in total. The molecule has 0 aliphatic carbocycles. The Labute approximate surface area is 128 Å². The molecule has 0 unspecified atom stereocenters. The van der Waals surface area contributed by atoms with Gasteiger partial charge in [0.25, 0.3) is 0 Å². The molecule has 0 spiro atoms. The van der Waals surface area contributed by atoms with E-state index in [1.54, 1.807) is 0 Å². The lowest BCUT2D eigenvalue weighted by atomic mass is 10.2. The number of aromatic nitrogens is 4. The van der Waals surface area contributed by atoms with Gasteiger partial charge in [-0.3, -0.25) is 5.32 Å². The van der Waals surface area contributed by atoms with Crippen LogP contribution in [0.5, 0.6) is 0 Å². The molecule has 7 heteroatoms. The smallest absolute Gasteiger partial charge is 0.232 e. The van der Waals surface area contributed by atoms with Crippen LogP contribution in [0.2, 0.25) is 0 Å². The summed E-state index contributed by atoms with van der Waals surface area (Å²) in [7, 11) is 0. The Kier molecular flexibility index (Phi) is 4.18. The summed E-state index contributed by atoms with van der Waals surface area (Å²) >= 11 is 0. The number of halogens is 1. The third-order valence-corrected chi connectivity index (χ3v) is 2.84. The number of aryl methyl sites for hydroxylation is 2. The normalized spacial score (nSPS) is 10.2. The predicted molar refractivity (Wildman–Crippen MR) is 86.0 cm³/mol. The van der Waals surface area contributed by atoms with Crippen molar-refractivity contribution in [3.8, 4) is 0 Å². The lowest BCUT2D eigenvalue weighted by Gasteiger charge is -2.07. The maximum atomic E-state index is 5.94. The van der Waals surface area contributed by atoms with Crippen LogP contribution in [0.25, 0.3) is 10.9 Å². The van der Waals surface area contributed by atoms with Crippen LogP contribution < -0.4 is 11.1 Å². The number of anilines is 3. The Bertz CT molecular complexity index is 769. The van der Waals surface area contributed by atoms with Gasteiger partial charge in [-0.15, -0.1) is 12.4 Å². The van der Waals surface area contributed by atoms with E-state index in [2.05, 4.69) is 25.3 Å². The highest BCUT2D eigenvalue weighted by atomic mass is 35.5. The molecule has 108 valence electrons. The van der Waals surface area contributed by atoms with E-state index in [1.807, 2.05) is 44.2 Å². The molecule has 2 aromatic heterocycles. The number of fused-ring (bicyclic) bond motifs is 1. The number of para-hydroxylation sites is 1. The van der Waals surface area contributed by atoms with Crippen molar-refractivity contribution in [1.82, 2.24) is 19.9 Å². The molecule has 0 saturated carbocycles. The van der Waals surface area contributed by atoms with Gasteiger partial charge < -0.3 is 5.73 Å². The summed E-state index contributed by atoms with van der Waals surface area (Å²) in [5.41, 5.74) is 8.49. The van der Waals surface area contributed by atoms with E-state index in [0.717, 1.165) is 22.3 Å². The first-order valence-electron chi connectivity index (χ1n) is 6.23. The van der Waals surface area contributed by atoms with Crippen molar-refractivity contribution in [3.05, 3.63) is 41.7 Å². The largest absolute Gasteiger partial charge is 0.383 e. The van der Waals surface area contributed by atoms with Gasteiger partial charge in [0, 0.05) is 16.8 Å². The van der Waals surface area contributed by atoms with Gasteiger partial charge in [0.2, 0.25) is 11.9 Å². The third kappa shape index (κ3) is 3.17. The fraction of sp³-hybridized carbons (Fsp3) is 0.143. The van der Waals surface area contributed by atoms with Crippen molar-refractivity contribution >= 4 is 41.0 Å². The minimum Gasteiger partial charge on any atom is -0.383 e. The van der Waals surface area contributed by atoms with Gasteiger partial charge >= 0.3 is 0 Å². The van der Waals surface area contributed by atoms with Gasteiger partial charge in [0.05, 0.1) is 5.52 Å². The molecule has 3 rings (SSSR count). The van der Waals surface area contributed by atoms with Crippen LogP contribution in [0.4, 0.5) is 17.7 Å². The van der Waals surface area contributed by atoms with E-state index in [4.69, 9.17) is 5.73 Å². The molecule has 1 aromatic carbocycles. The summed E-state index contributed by atoms with van der Waals surface area (Å²) < 4.78 is 0. The minimum absolute atomic E-state index is 0. The molecule has 0 atom stereocenters. The van der Waals surface area contributed by atoms with Gasteiger partial charge in [-0.05, 0) is 32.0 Å². The highest BCUT2D eigenvalue weighted by Gasteiger charge is 2.06. The number of hydrogen-bond donors (Lipinski definition) is 2. The first-order valence-corrected chi connectivity index (χ1v) is 6.23. The molecule has 2 heterocycles.